The average molecular weight is 309 g/mol. The summed E-state index contributed by atoms with van der Waals surface area (Å²) in [6, 6.07) is 15.6. The second-order valence-electron chi connectivity index (χ2n) is 4.97. The second kappa shape index (κ2) is 6.00. The number of pyridine rings is 2. The monoisotopic (exact) mass is 308 g/mol. The SMILES string of the molecule is C[C@@H](Nc1nc(C#N)cc2cnc(Cl)cc12)c1ccccc1. The number of hydrogen-bond donors (Lipinski definition) is 1. The van der Waals surface area contributed by atoms with Crippen LogP contribution in [-0.4, -0.2) is 9.97 Å². The Labute approximate surface area is 133 Å². The quantitative estimate of drug-likeness (QED) is 0.732. The third kappa shape index (κ3) is 2.85. The van der Waals surface area contributed by atoms with Gasteiger partial charge in [0.15, 0.2) is 0 Å². The number of benzene rings is 1. The zero-order chi connectivity index (χ0) is 15.5. The lowest BCUT2D eigenvalue weighted by Crippen LogP contribution is -2.09. The summed E-state index contributed by atoms with van der Waals surface area (Å²) in [5.74, 6) is 0.634. The molecule has 1 aromatic carbocycles. The smallest absolute Gasteiger partial charge is 0.143 e. The predicted octanol–water partition coefficient (Wildman–Crippen LogP) is 4.33. The molecule has 0 bridgehead atoms. The van der Waals surface area contributed by atoms with Gasteiger partial charge in [0.1, 0.15) is 22.7 Å². The van der Waals surface area contributed by atoms with Gasteiger partial charge in [0.25, 0.3) is 0 Å². The highest BCUT2D eigenvalue weighted by molar-refractivity contribution is 6.30. The summed E-state index contributed by atoms with van der Waals surface area (Å²) in [5.41, 5.74) is 1.49. The van der Waals surface area contributed by atoms with Crippen LogP contribution in [0.2, 0.25) is 5.15 Å². The zero-order valence-electron chi connectivity index (χ0n) is 11.9. The Balaban J connectivity index is 2.05. The number of fused-ring (bicyclic) bond motifs is 1. The Kier molecular flexibility index (Phi) is 3.90. The molecule has 108 valence electrons. The number of nitrogens with one attached hydrogen (secondary N) is 1. The normalized spacial score (nSPS) is 11.9. The van der Waals surface area contributed by atoms with Crippen LogP contribution >= 0.6 is 11.6 Å². The minimum absolute atomic E-state index is 0.0535. The fourth-order valence-corrected chi connectivity index (χ4v) is 2.48. The maximum Gasteiger partial charge on any atom is 0.143 e. The van der Waals surface area contributed by atoms with Gasteiger partial charge >= 0.3 is 0 Å². The van der Waals surface area contributed by atoms with Crippen molar-refractivity contribution in [3.8, 4) is 6.07 Å². The molecule has 1 N–H and O–H groups in total. The van der Waals surface area contributed by atoms with Crippen molar-refractivity contribution in [1.82, 2.24) is 9.97 Å². The number of anilines is 1. The number of nitriles is 1. The minimum Gasteiger partial charge on any atom is -0.363 e. The molecule has 1 atom stereocenters. The Bertz CT molecular complexity index is 856. The first-order chi connectivity index (χ1) is 10.7. The van der Waals surface area contributed by atoms with Gasteiger partial charge in [0, 0.05) is 23.0 Å². The molecular weight excluding hydrogens is 296 g/mol. The summed E-state index contributed by atoms with van der Waals surface area (Å²) in [4.78, 5) is 8.43. The van der Waals surface area contributed by atoms with E-state index in [0.29, 0.717) is 16.7 Å². The summed E-state index contributed by atoms with van der Waals surface area (Å²) >= 11 is 5.99. The molecule has 2 heterocycles. The molecular formula is C17H13ClN4. The van der Waals surface area contributed by atoms with Crippen LogP contribution in [-0.2, 0) is 0 Å². The molecule has 5 heteroatoms. The van der Waals surface area contributed by atoms with E-state index in [0.717, 1.165) is 16.3 Å². The van der Waals surface area contributed by atoms with E-state index in [-0.39, 0.29) is 6.04 Å². The second-order valence-corrected chi connectivity index (χ2v) is 5.36. The van der Waals surface area contributed by atoms with Crippen molar-refractivity contribution in [2.75, 3.05) is 5.32 Å². The zero-order valence-corrected chi connectivity index (χ0v) is 12.7. The van der Waals surface area contributed by atoms with Gasteiger partial charge in [0.2, 0.25) is 0 Å². The van der Waals surface area contributed by atoms with Gasteiger partial charge in [-0.2, -0.15) is 5.26 Å². The van der Waals surface area contributed by atoms with Crippen LogP contribution in [0.5, 0.6) is 0 Å². The first-order valence-corrected chi connectivity index (χ1v) is 7.23. The van der Waals surface area contributed by atoms with Gasteiger partial charge in [-0.15, -0.1) is 0 Å². The third-order valence-corrected chi connectivity index (χ3v) is 3.66. The van der Waals surface area contributed by atoms with Crippen molar-refractivity contribution >= 4 is 28.2 Å². The molecule has 2 aromatic heterocycles. The van der Waals surface area contributed by atoms with Gasteiger partial charge in [-0.3, -0.25) is 0 Å². The highest BCUT2D eigenvalue weighted by Crippen LogP contribution is 2.27. The summed E-state index contributed by atoms with van der Waals surface area (Å²) in [6.45, 7) is 2.05. The largest absolute Gasteiger partial charge is 0.363 e. The maximum absolute atomic E-state index is 9.14. The highest BCUT2D eigenvalue weighted by atomic mass is 35.5. The number of aromatic nitrogens is 2. The Morgan fingerprint density at radius 1 is 1.23 bits per heavy atom. The Morgan fingerprint density at radius 3 is 2.73 bits per heavy atom. The van der Waals surface area contributed by atoms with Gasteiger partial charge in [-0.1, -0.05) is 41.9 Å². The molecule has 0 fully saturated rings. The van der Waals surface area contributed by atoms with Crippen molar-refractivity contribution in [2.45, 2.75) is 13.0 Å². The van der Waals surface area contributed by atoms with E-state index in [9.17, 15) is 0 Å². The average Bonchev–Trinajstić information content (AvgIpc) is 2.55. The Morgan fingerprint density at radius 2 is 2.00 bits per heavy atom. The van der Waals surface area contributed by atoms with E-state index in [1.807, 2.05) is 37.3 Å². The first-order valence-electron chi connectivity index (χ1n) is 6.85. The van der Waals surface area contributed by atoms with Crippen molar-refractivity contribution in [3.63, 3.8) is 0 Å². The highest BCUT2D eigenvalue weighted by Gasteiger charge is 2.11. The summed E-state index contributed by atoms with van der Waals surface area (Å²) in [7, 11) is 0. The van der Waals surface area contributed by atoms with Crippen LogP contribution in [0, 0.1) is 11.3 Å². The van der Waals surface area contributed by atoms with Crippen molar-refractivity contribution in [1.29, 1.82) is 5.26 Å². The molecule has 0 aliphatic heterocycles. The van der Waals surface area contributed by atoms with Gasteiger partial charge in [0.05, 0.1) is 0 Å². The summed E-state index contributed by atoms with van der Waals surface area (Å²) in [6.07, 6.45) is 1.65. The van der Waals surface area contributed by atoms with E-state index in [4.69, 9.17) is 16.9 Å². The van der Waals surface area contributed by atoms with Gasteiger partial charge < -0.3 is 5.32 Å². The predicted molar refractivity (Wildman–Crippen MR) is 87.7 cm³/mol. The minimum atomic E-state index is 0.0535. The maximum atomic E-state index is 9.14. The van der Waals surface area contributed by atoms with Crippen LogP contribution in [0.15, 0.2) is 48.7 Å². The van der Waals surface area contributed by atoms with Crippen LogP contribution < -0.4 is 5.32 Å². The molecule has 0 saturated heterocycles. The number of hydrogen-bond acceptors (Lipinski definition) is 4. The van der Waals surface area contributed by atoms with E-state index in [2.05, 4.69) is 21.4 Å². The lowest BCUT2D eigenvalue weighted by atomic mass is 10.1. The van der Waals surface area contributed by atoms with E-state index in [1.165, 1.54) is 0 Å². The topological polar surface area (TPSA) is 61.6 Å². The summed E-state index contributed by atoms with van der Waals surface area (Å²) < 4.78 is 0. The van der Waals surface area contributed by atoms with E-state index in [1.54, 1.807) is 18.3 Å². The fraction of sp³-hybridized carbons (Fsp3) is 0.118. The van der Waals surface area contributed by atoms with E-state index >= 15 is 0 Å². The fourth-order valence-electron chi connectivity index (χ4n) is 2.32. The van der Waals surface area contributed by atoms with Crippen molar-refractivity contribution < 1.29 is 0 Å². The van der Waals surface area contributed by atoms with Gasteiger partial charge in [-0.25, -0.2) is 9.97 Å². The molecule has 3 aromatic rings. The van der Waals surface area contributed by atoms with Crippen LogP contribution in [0.25, 0.3) is 10.8 Å². The lowest BCUT2D eigenvalue weighted by Gasteiger charge is -2.16. The third-order valence-electron chi connectivity index (χ3n) is 3.45. The number of rotatable bonds is 3. The Hall–Kier alpha value is -2.64. The van der Waals surface area contributed by atoms with Crippen LogP contribution in [0.4, 0.5) is 5.82 Å². The lowest BCUT2D eigenvalue weighted by molar-refractivity contribution is 0.877. The number of halogens is 1. The standard InChI is InChI=1S/C17H13ClN4/c1-11(12-5-3-2-4-6-12)21-17-15-8-16(18)20-10-13(15)7-14(9-19)22-17/h2-8,10-11H,1H3,(H,21,22)/t11-/m1/s1. The molecule has 0 saturated carbocycles. The van der Waals surface area contributed by atoms with E-state index < -0.39 is 0 Å². The molecule has 4 nitrogen and oxygen atoms in total. The number of nitrogens with zero attached hydrogens (tertiary/aromatic N) is 3. The molecule has 3 rings (SSSR count). The molecule has 0 aliphatic carbocycles. The van der Waals surface area contributed by atoms with Crippen molar-refractivity contribution in [2.24, 2.45) is 0 Å². The molecule has 0 radical (unpaired) electrons. The molecule has 0 amide bonds. The molecule has 22 heavy (non-hydrogen) atoms. The van der Waals surface area contributed by atoms with Crippen LogP contribution in [0.1, 0.15) is 24.2 Å². The molecule has 0 aliphatic rings. The molecule has 0 spiro atoms. The van der Waals surface area contributed by atoms with Gasteiger partial charge in [-0.05, 0) is 24.6 Å². The summed E-state index contributed by atoms with van der Waals surface area (Å²) in [5, 5.41) is 14.6. The first kappa shape index (κ1) is 14.3. The molecule has 0 unspecified atom stereocenters. The van der Waals surface area contributed by atoms with Crippen molar-refractivity contribution in [3.05, 3.63) is 65.1 Å². The van der Waals surface area contributed by atoms with Crippen LogP contribution in [0.3, 0.4) is 0 Å².